The van der Waals surface area contributed by atoms with Crippen LogP contribution in [-0.4, -0.2) is 14.7 Å². The van der Waals surface area contributed by atoms with Crippen LogP contribution in [0.3, 0.4) is 0 Å². The second-order valence-corrected chi connectivity index (χ2v) is 2.39. The van der Waals surface area contributed by atoms with Gasteiger partial charge in [0, 0.05) is 39.0 Å². The van der Waals surface area contributed by atoms with E-state index in [2.05, 4.69) is 13.8 Å². The van der Waals surface area contributed by atoms with Crippen molar-refractivity contribution in [1.29, 1.82) is 0 Å². The fourth-order valence-electron chi connectivity index (χ4n) is 0. The monoisotopic (exact) mass is 283 g/mol. The Labute approximate surface area is 92.5 Å². The third-order valence-electron chi connectivity index (χ3n) is 0.354. The van der Waals surface area contributed by atoms with E-state index in [1.54, 1.807) is 0 Å². The third kappa shape index (κ3) is 179. The molecule has 11 heavy (non-hydrogen) atoms. The van der Waals surface area contributed by atoms with Gasteiger partial charge in [0.1, 0.15) is 0 Å². The molecule has 0 aliphatic rings. The molecule has 0 fully saturated rings. The zero-order valence-corrected chi connectivity index (χ0v) is 13.6. The molecule has 0 aliphatic heterocycles. The minimum atomic E-state index is -4.64. The molecule has 0 atom stereocenters. The number of rotatable bonds is 1. The summed E-state index contributed by atoms with van der Waals surface area (Å²) < 4.78 is 8.88. The first-order chi connectivity index (χ1) is 3.91. The van der Waals surface area contributed by atoms with Crippen LogP contribution in [-0.2, 0) is 43.5 Å². The van der Waals surface area contributed by atoms with Crippen LogP contribution < -0.4 is 0 Å². The fraction of sp³-hybridized carbons (Fsp3) is 0.750. The van der Waals surface area contributed by atoms with Gasteiger partial charge in [0.05, 0.1) is 0 Å². The number of phosphoric acid groups is 1. The van der Waals surface area contributed by atoms with Crippen molar-refractivity contribution in [1.82, 2.24) is 0 Å². The summed E-state index contributed by atoms with van der Waals surface area (Å²) >= 11 is 0. The van der Waals surface area contributed by atoms with Crippen molar-refractivity contribution < 1.29 is 58.2 Å². The molecule has 0 saturated heterocycles. The Hall–Kier alpha value is 1.36. The molecule has 0 unspecified atom stereocenters. The molecule has 0 spiro atoms. The normalized spacial score (nSPS) is 8.09. The van der Waals surface area contributed by atoms with E-state index < -0.39 is 7.82 Å². The van der Waals surface area contributed by atoms with Gasteiger partial charge >= 0.3 is 7.82 Å². The van der Waals surface area contributed by atoms with Crippen LogP contribution in [0.15, 0.2) is 0 Å². The van der Waals surface area contributed by atoms with Gasteiger partial charge in [0.2, 0.25) is 0 Å². The summed E-state index contributed by atoms with van der Waals surface area (Å²) in [5.41, 5.74) is 0. The van der Waals surface area contributed by atoms with Crippen LogP contribution in [0.2, 0.25) is 0 Å². The van der Waals surface area contributed by atoms with Crippen LogP contribution >= 0.6 is 7.82 Å². The van der Waals surface area contributed by atoms with Gasteiger partial charge in [-0.15, -0.1) is 0 Å². The number of unbranched alkanes of at least 4 members (excludes halogenated alkanes) is 1. The van der Waals surface area contributed by atoms with E-state index in [9.17, 15) is 0 Å². The molecule has 0 amide bonds. The molecular formula is C4H12O4PZn2-. The summed E-state index contributed by atoms with van der Waals surface area (Å²) in [5, 5.41) is 0. The van der Waals surface area contributed by atoms with Gasteiger partial charge in [-0.05, 0) is 0 Å². The summed E-state index contributed by atoms with van der Waals surface area (Å²) in [5.74, 6) is 0. The van der Waals surface area contributed by atoms with Crippen LogP contribution in [0.4, 0.5) is 0 Å². The van der Waals surface area contributed by atoms with E-state index in [1.165, 1.54) is 6.42 Å². The van der Waals surface area contributed by atoms with E-state index in [0.29, 0.717) is 0 Å². The van der Waals surface area contributed by atoms with Crippen molar-refractivity contribution in [2.75, 3.05) is 0 Å². The molecular weight excluding hydrogens is 274 g/mol. The molecule has 0 radical (unpaired) electrons. The minimum absolute atomic E-state index is 0. The zero-order valence-electron chi connectivity index (χ0n) is 6.73. The molecule has 0 aromatic rings. The summed E-state index contributed by atoms with van der Waals surface area (Å²) in [6.45, 7) is 5.72. The summed E-state index contributed by atoms with van der Waals surface area (Å²) in [4.78, 5) is 21.6. The quantitative estimate of drug-likeness (QED) is 0.376. The van der Waals surface area contributed by atoms with Gasteiger partial charge in [-0.25, -0.2) is 4.57 Å². The predicted molar refractivity (Wildman–Crippen MR) is 34.5 cm³/mol. The fourth-order valence-corrected chi connectivity index (χ4v) is 0. The Bertz CT molecular complexity index is 83.8. The van der Waals surface area contributed by atoms with Crippen molar-refractivity contribution in [2.24, 2.45) is 0 Å². The van der Waals surface area contributed by atoms with E-state index >= 15 is 0 Å². The van der Waals surface area contributed by atoms with E-state index in [1.807, 2.05) is 0 Å². The molecule has 0 saturated carbocycles. The standard InChI is InChI=1S/C4H9.H3O4P.2Zn/c1-3-4-2;1-5(2,3)4;;/h1,3-4H2,2H3;(H3,1,2,3,4);;/q-1;;;. The second-order valence-electron chi connectivity index (χ2n) is 1.37. The largest absolute Gasteiger partial charge is 0.466 e. The van der Waals surface area contributed by atoms with Crippen LogP contribution in [0.1, 0.15) is 19.8 Å². The van der Waals surface area contributed by atoms with Crippen LogP contribution in [0, 0.1) is 6.92 Å². The Kier molecular flexibility index (Phi) is 28.9. The maximum Gasteiger partial charge on any atom is 0.466 e. The summed E-state index contributed by atoms with van der Waals surface area (Å²) in [7, 11) is -4.64. The van der Waals surface area contributed by atoms with Gasteiger partial charge in [-0.1, -0.05) is 13.3 Å². The first kappa shape index (κ1) is 22.8. The Morgan fingerprint density at radius 1 is 1.27 bits per heavy atom. The predicted octanol–water partition coefficient (Wildman–Crippen LogP) is 0.687. The molecule has 3 N–H and O–H groups in total. The van der Waals surface area contributed by atoms with Crippen molar-refractivity contribution >= 4 is 7.82 Å². The van der Waals surface area contributed by atoms with Gasteiger partial charge < -0.3 is 21.6 Å². The van der Waals surface area contributed by atoms with Gasteiger partial charge in [-0.2, -0.15) is 6.42 Å². The Morgan fingerprint density at radius 3 is 1.36 bits per heavy atom. The van der Waals surface area contributed by atoms with E-state index in [4.69, 9.17) is 19.2 Å². The van der Waals surface area contributed by atoms with E-state index in [0.717, 1.165) is 6.42 Å². The Balaban J connectivity index is -0.0000000383. The molecule has 4 nitrogen and oxygen atoms in total. The molecule has 7 heteroatoms. The molecule has 62 valence electrons. The van der Waals surface area contributed by atoms with Crippen LogP contribution in [0.25, 0.3) is 0 Å². The average Bonchev–Trinajstić information content (AvgIpc) is 1.61. The third-order valence-corrected chi connectivity index (χ3v) is 0.354. The van der Waals surface area contributed by atoms with Crippen molar-refractivity contribution in [3.05, 3.63) is 6.92 Å². The minimum Gasteiger partial charge on any atom is -0.343 e. The zero-order chi connectivity index (χ0) is 7.91. The molecule has 0 aromatic heterocycles. The first-order valence-corrected chi connectivity index (χ1v) is 4.05. The first-order valence-electron chi connectivity index (χ1n) is 2.49. The van der Waals surface area contributed by atoms with Crippen LogP contribution in [0.5, 0.6) is 0 Å². The topological polar surface area (TPSA) is 77.8 Å². The molecule has 0 aliphatic carbocycles. The summed E-state index contributed by atoms with van der Waals surface area (Å²) in [6.07, 6.45) is 2.28. The second kappa shape index (κ2) is 13.9. The van der Waals surface area contributed by atoms with Crippen molar-refractivity contribution in [2.45, 2.75) is 19.8 Å². The van der Waals surface area contributed by atoms with Crippen molar-refractivity contribution in [3.8, 4) is 0 Å². The molecule has 0 rings (SSSR count). The van der Waals surface area contributed by atoms with E-state index in [-0.39, 0.29) is 39.0 Å². The number of hydrogen-bond acceptors (Lipinski definition) is 1. The number of hydrogen-bond donors (Lipinski definition) is 3. The summed E-state index contributed by atoms with van der Waals surface area (Å²) in [6, 6.07) is 0. The maximum atomic E-state index is 8.88. The van der Waals surface area contributed by atoms with Gasteiger partial charge in [-0.3, -0.25) is 0 Å². The van der Waals surface area contributed by atoms with Gasteiger partial charge in [0.15, 0.2) is 0 Å². The van der Waals surface area contributed by atoms with Gasteiger partial charge in [0.25, 0.3) is 0 Å². The smallest absolute Gasteiger partial charge is 0.343 e. The average molecular weight is 286 g/mol. The molecule has 0 bridgehead atoms. The molecule has 0 heterocycles. The SMILES string of the molecule is O=P(O)(O)O.[CH2-]CCC.[Zn].[Zn]. The molecule has 0 aromatic carbocycles. The Morgan fingerprint density at radius 2 is 1.36 bits per heavy atom. The maximum absolute atomic E-state index is 8.88. The van der Waals surface area contributed by atoms with Crippen molar-refractivity contribution in [3.63, 3.8) is 0 Å².